The first kappa shape index (κ1) is 14.1. The molecule has 4 nitrogen and oxygen atoms in total. The van der Waals surface area contributed by atoms with E-state index in [1.807, 2.05) is 32.0 Å². The molecule has 0 saturated carbocycles. The summed E-state index contributed by atoms with van der Waals surface area (Å²) in [6.45, 7) is 3.92. The summed E-state index contributed by atoms with van der Waals surface area (Å²) < 4.78 is 5.44. The van der Waals surface area contributed by atoms with Crippen molar-refractivity contribution in [2.75, 3.05) is 5.32 Å². The van der Waals surface area contributed by atoms with Gasteiger partial charge in [-0.05, 0) is 37.6 Å². The smallest absolute Gasteiger partial charge is 0.224 e. The number of aryl methyl sites for hydroxylation is 1. The molecule has 1 amide bonds. The highest BCUT2D eigenvalue weighted by atomic mass is 16.3. The lowest BCUT2D eigenvalue weighted by Crippen LogP contribution is -2.11. The number of benzene rings is 1. The first-order valence-electron chi connectivity index (χ1n) is 6.60. The average molecular weight is 271 g/mol. The molecule has 0 atom stereocenters. The van der Waals surface area contributed by atoms with Crippen LogP contribution in [-0.4, -0.2) is 12.2 Å². The van der Waals surface area contributed by atoms with Gasteiger partial charge in [-0.3, -0.25) is 9.59 Å². The van der Waals surface area contributed by atoms with E-state index in [4.69, 9.17) is 4.42 Å². The van der Waals surface area contributed by atoms with Gasteiger partial charge in [0, 0.05) is 12.0 Å². The summed E-state index contributed by atoms with van der Waals surface area (Å²) in [5.74, 6) is 0.815. The van der Waals surface area contributed by atoms with Crippen molar-refractivity contribution in [1.29, 1.82) is 0 Å². The van der Waals surface area contributed by atoms with E-state index < -0.39 is 0 Å². The number of hydrogen-bond donors (Lipinski definition) is 1. The summed E-state index contributed by atoms with van der Waals surface area (Å²) in [4.78, 5) is 22.4. The minimum Gasteiger partial charge on any atom is -0.453 e. The molecule has 0 unspecified atom stereocenters. The second-order valence-corrected chi connectivity index (χ2v) is 4.67. The van der Waals surface area contributed by atoms with Gasteiger partial charge in [0.15, 0.2) is 12.0 Å². The maximum Gasteiger partial charge on any atom is 0.224 e. The van der Waals surface area contributed by atoms with Crippen LogP contribution >= 0.6 is 0 Å². The van der Waals surface area contributed by atoms with Crippen molar-refractivity contribution in [3.63, 3.8) is 0 Å². The molecule has 2 rings (SSSR count). The first-order valence-corrected chi connectivity index (χ1v) is 6.60. The van der Waals surface area contributed by atoms with Crippen LogP contribution in [0, 0.1) is 6.92 Å². The predicted octanol–water partition coefficient (Wildman–Crippen LogP) is 3.81. The van der Waals surface area contributed by atoms with Crippen LogP contribution in [0.2, 0.25) is 0 Å². The van der Waals surface area contributed by atoms with E-state index >= 15 is 0 Å². The fourth-order valence-electron chi connectivity index (χ4n) is 1.97. The van der Waals surface area contributed by atoms with Crippen LogP contribution in [0.5, 0.6) is 0 Å². The van der Waals surface area contributed by atoms with Crippen molar-refractivity contribution in [2.45, 2.75) is 26.7 Å². The maximum absolute atomic E-state index is 11.7. The van der Waals surface area contributed by atoms with E-state index in [1.165, 1.54) is 0 Å². The number of carbonyl (C=O) groups is 2. The van der Waals surface area contributed by atoms with Crippen LogP contribution in [0.4, 0.5) is 5.69 Å². The van der Waals surface area contributed by atoms with Crippen molar-refractivity contribution in [3.05, 3.63) is 41.7 Å². The van der Waals surface area contributed by atoms with Gasteiger partial charge in [-0.1, -0.05) is 18.6 Å². The Hall–Kier alpha value is -2.36. The van der Waals surface area contributed by atoms with Gasteiger partial charge in [0.05, 0.1) is 5.69 Å². The fraction of sp³-hybridized carbons (Fsp3) is 0.250. The Kier molecular flexibility index (Phi) is 4.35. The molecular formula is C16H17NO3. The molecule has 2 aromatic rings. The summed E-state index contributed by atoms with van der Waals surface area (Å²) in [5, 5.41) is 2.88. The molecule has 0 saturated heterocycles. The highest BCUT2D eigenvalue weighted by Crippen LogP contribution is 2.30. The summed E-state index contributed by atoms with van der Waals surface area (Å²) in [6.07, 6.45) is 1.93. The van der Waals surface area contributed by atoms with Crippen LogP contribution in [-0.2, 0) is 4.79 Å². The molecule has 104 valence electrons. The van der Waals surface area contributed by atoms with Crippen LogP contribution in [0.25, 0.3) is 11.3 Å². The highest BCUT2D eigenvalue weighted by Gasteiger charge is 2.12. The normalized spacial score (nSPS) is 10.3. The predicted molar refractivity (Wildman–Crippen MR) is 77.8 cm³/mol. The lowest BCUT2D eigenvalue weighted by molar-refractivity contribution is -0.116. The number of hydrogen-bond acceptors (Lipinski definition) is 3. The first-order chi connectivity index (χ1) is 9.63. The Labute approximate surface area is 117 Å². The molecule has 0 aliphatic heterocycles. The number of amides is 1. The largest absolute Gasteiger partial charge is 0.453 e. The van der Waals surface area contributed by atoms with Crippen molar-refractivity contribution in [3.8, 4) is 11.3 Å². The maximum atomic E-state index is 11.7. The molecule has 0 aliphatic rings. The Morgan fingerprint density at radius 1 is 1.30 bits per heavy atom. The second kappa shape index (κ2) is 6.19. The number of nitrogens with one attached hydrogen (secondary N) is 1. The van der Waals surface area contributed by atoms with Gasteiger partial charge in [0.1, 0.15) is 5.76 Å². The molecule has 0 fully saturated rings. The number of aldehydes is 1. The van der Waals surface area contributed by atoms with E-state index in [9.17, 15) is 9.59 Å². The summed E-state index contributed by atoms with van der Waals surface area (Å²) in [6, 6.07) is 9.04. The fourth-order valence-corrected chi connectivity index (χ4v) is 1.97. The number of carbonyl (C=O) groups excluding carboxylic acids is 2. The number of furan rings is 1. The topological polar surface area (TPSA) is 59.3 Å². The van der Waals surface area contributed by atoms with Crippen LogP contribution in [0.3, 0.4) is 0 Å². The Morgan fingerprint density at radius 3 is 2.75 bits per heavy atom. The van der Waals surface area contributed by atoms with E-state index in [2.05, 4.69) is 5.32 Å². The zero-order valence-corrected chi connectivity index (χ0v) is 11.6. The SMILES string of the molecule is CCCC(=O)Nc1ccc(C)cc1-c1ccc(C=O)o1. The van der Waals surface area contributed by atoms with Gasteiger partial charge in [0.25, 0.3) is 0 Å². The van der Waals surface area contributed by atoms with Crippen molar-refractivity contribution >= 4 is 17.9 Å². The molecular weight excluding hydrogens is 254 g/mol. The minimum absolute atomic E-state index is 0.0280. The third kappa shape index (κ3) is 3.15. The van der Waals surface area contributed by atoms with E-state index in [0.717, 1.165) is 17.5 Å². The van der Waals surface area contributed by atoms with Crippen LogP contribution in [0.1, 0.15) is 35.9 Å². The van der Waals surface area contributed by atoms with E-state index in [1.54, 1.807) is 12.1 Å². The lowest BCUT2D eigenvalue weighted by atomic mass is 10.1. The van der Waals surface area contributed by atoms with Gasteiger partial charge in [-0.25, -0.2) is 0 Å². The van der Waals surface area contributed by atoms with Gasteiger partial charge in [-0.15, -0.1) is 0 Å². The van der Waals surface area contributed by atoms with E-state index in [0.29, 0.717) is 24.2 Å². The highest BCUT2D eigenvalue weighted by molar-refractivity contribution is 5.95. The van der Waals surface area contributed by atoms with Gasteiger partial charge in [-0.2, -0.15) is 0 Å². The number of anilines is 1. The Morgan fingerprint density at radius 2 is 2.10 bits per heavy atom. The van der Waals surface area contributed by atoms with E-state index in [-0.39, 0.29) is 11.7 Å². The molecule has 20 heavy (non-hydrogen) atoms. The van der Waals surface area contributed by atoms with Crippen molar-refractivity contribution in [1.82, 2.24) is 0 Å². The molecule has 1 heterocycles. The van der Waals surface area contributed by atoms with Gasteiger partial charge < -0.3 is 9.73 Å². The zero-order valence-electron chi connectivity index (χ0n) is 11.6. The summed E-state index contributed by atoms with van der Waals surface area (Å²) in [5.41, 5.74) is 2.53. The molecule has 0 aliphatic carbocycles. The quantitative estimate of drug-likeness (QED) is 0.841. The molecule has 1 aromatic carbocycles. The van der Waals surface area contributed by atoms with Gasteiger partial charge >= 0.3 is 0 Å². The molecule has 4 heteroatoms. The number of rotatable bonds is 5. The summed E-state index contributed by atoms with van der Waals surface area (Å²) >= 11 is 0. The van der Waals surface area contributed by atoms with Gasteiger partial charge in [0.2, 0.25) is 5.91 Å². The second-order valence-electron chi connectivity index (χ2n) is 4.67. The van der Waals surface area contributed by atoms with Crippen molar-refractivity contribution in [2.24, 2.45) is 0 Å². The lowest BCUT2D eigenvalue weighted by Gasteiger charge is -2.10. The third-order valence-electron chi connectivity index (χ3n) is 2.93. The zero-order chi connectivity index (χ0) is 14.5. The molecule has 0 radical (unpaired) electrons. The Balaban J connectivity index is 2.37. The van der Waals surface area contributed by atoms with Crippen LogP contribution in [0.15, 0.2) is 34.7 Å². The Bertz CT molecular complexity index is 628. The minimum atomic E-state index is -0.0280. The third-order valence-corrected chi connectivity index (χ3v) is 2.93. The molecule has 1 N–H and O–H groups in total. The monoisotopic (exact) mass is 271 g/mol. The molecule has 0 spiro atoms. The van der Waals surface area contributed by atoms with Crippen molar-refractivity contribution < 1.29 is 14.0 Å². The molecule has 0 bridgehead atoms. The molecule has 1 aromatic heterocycles. The summed E-state index contributed by atoms with van der Waals surface area (Å²) in [7, 11) is 0. The average Bonchev–Trinajstić information content (AvgIpc) is 2.90. The van der Waals surface area contributed by atoms with Crippen LogP contribution < -0.4 is 5.32 Å². The standard InChI is InChI=1S/C16H17NO3/c1-3-4-16(19)17-14-7-5-11(2)9-13(14)15-8-6-12(10-18)20-15/h5-10H,3-4H2,1-2H3,(H,17,19).